The van der Waals surface area contributed by atoms with E-state index in [0.717, 1.165) is 34.8 Å². The third kappa shape index (κ3) is 3.55. The first-order chi connectivity index (χ1) is 10.0. The Hall–Kier alpha value is -2.01. The van der Waals surface area contributed by atoms with Crippen LogP contribution in [0.1, 0.15) is 35.1 Å². The van der Waals surface area contributed by atoms with Crippen molar-refractivity contribution in [2.45, 2.75) is 33.7 Å². The average Bonchev–Trinajstić information content (AvgIpc) is 2.44. The van der Waals surface area contributed by atoms with Gasteiger partial charge in [0, 0.05) is 23.3 Å². The average molecular weight is 300 g/mol. The van der Waals surface area contributed by atoms with Crippen molar-refractivity contribution in [1.29, 1.82) is 0 Å². The van der Waals surface area contributed by atoms with E-state index in [1.807, 2.05) is 32.2 Å². The zero-order valence-corrected chi connectivity index (χ0v) is 13.4. The van der Waals surface area contributed by atoms with Crippen molar-refractivity contribution in [3.63, 3.8) is 0 Å². The number of nitrogens with zero attached hydrogens (tertiary/aromatic N) is 2. The summed E-state index contributed by atoms with van der Waals surface area (Å²) in [5.74, 6) is 0. The van der Waals surface area contributed by atoms with E-state index in [1.54, 1.807) is 0 Å². The van der Waals surface area contributed by atoms with Crippen LogP contribution in [0.4, 0.5) is 5.69 Å². The topological polar surface area (TPSA) is 63.8 Å². The molecule has 0 saturated carbocycles. The molecule has 2 heterocycles. The fourth-order valence-corrected chi connectivity index (χ4v) is 2.67. The van der Waals surface area contributed by atoms with Crippen LogP contribution in [0.2, 0.25) is 0 Å². The van der Waals surface area contributed by atoms with Crippen molar-refractivity contribution in [1.82, 2.24) is 9.97 Å². The van der Waals surface area contributed by atoms with Gasteiger partial charge < -0.3 is 11.1 Å². The van der Waals surface area contributed by atoms with Gasteiger partial charge in [-0.2, -0.15) is 0 Å². The van der Waals surface area contributed by atoms with Gasteiger partial charge >= 0.3 is 0 Å². The zero-order chi connectivity index (χ0) is 15.4. The van der Waals surface area contributed by atoms with Gasteiger partial charge in [-0.15, -0.1) is 0 Å². The Balaban J connectivity index is 2.30. The molecule has 0 aliphatic rings. The Labute approximate surface area is 130 Å². The van der Waals surface area contributed by atoms with E-state index in [2.05, 4.69) is 28.3 Å². The van der Waals surface area contributed by atoms with E-state index in [9.17, 15) is 0 Å². The first kappa shape index (κ1) is 15.4. The van der Waals surface area contributed by atoms with Gasteiger partial charge in [-0.3, -0.25) is 9.97 Å². The van der Waals surface area contributed by atoms with Gasteiger partial charge in [0.2, 0.25) is 0 Å². The molecule has 2 aromatic heterocycles. The molecule has 0 radical (unpaired) electrons. The lowest BCUT2D eigenvalue weighted by Gasteiger charge is -2.15. The lowest BCUT2D eigenvalue weighted by atomic mass is 10.1. The SMILES string of the molecule is CCc1cccnc1CNc1cc(C)nc(C)c1C(N)=S. The Morgan fingerprint density at radius 1 is 1.38 bits per heavy atom. The molecule has 0 aromatic carbocycles. The highest BCUT2D eigenvalue weighted by Crippen LogP contribution is 2.21. The van der Waals surface area contributed by atoms with E-state index in [4.69, 9.17) is 18.0 Å². The van der Waals surface area contributed by atoms with Gasteiger partial charge in [0.05, 0.1) is 17.8 Å². The molecule has 3 N–H and O–H groups in total. The molecule has 0 aliphatic carbocycles. The molecule has 2 rings (SSSR count). The lowest BCUT2D eigenvalue weighted by molar-refractivity contribution is 0.968. The summed E-state index contributed by atoms with van der Waals surface area (Å²) in [4.78, 5) is 9.22. The van der Waals surface area contributed by atoms with Crippen molar-refractivity contribution in [3.8, 4) is 0 Å². The summed E-state index contributed by atoms with van der Waals surface area (Å²) < 4.78 is 0. The summed E-state index contributed by atoms with van der Waals surface area (Å²) in [6, 6.07) is 6.03. The van der Waals surface area contributed by atoms with Crippen molar-refractivity contribution in [2.24, 2.45) is 5.73 Å². The van der Waals surface area contributed by atoms with Crippen LogP contribution in [0.15, 0.2) is 24.4 Å². The number of aryl methyl sites for hydroxylation is 3. The minimum absolute atomic E-state index is 0.360. The molecule has 5 heteroatoms. The quantitative estimate of drug-likeness (QED) is 0.831. The predicted octanol–water partition coefficient (Wildman–Crippen LogP) is 2.90. The third-order valence-electron chi connectivity index (χ3n) is 3.39. The van der Waals surface area contributed by atoms with Gasteiger partial charge in [0.15, 0.2) is 0 Å². The molecule has 21 heavy (non-hydrogen) atoms. The summed E-state index contributed by atoms with van der Waals surface area (Å²) in [5.41, 5.74) is 11.6. The first-order valence-electron chi connectivity index (χ1n) is 6.97. The van der Waals surface area contributed by atoms with Gasteiger partial charge in [-0.05, 0) is 38.0 Å². The molecule has 0 spiro atoms. The van der Waals surface area contributed by atoms with Crippen molar-refractivity contribution < 1.29 is 0 Å². The summed E-state index contributed by atoms with van der Waals surface area (Å²) in [7, 11) is 0. The Kier molecular flexibility index (Phi) is 4.85. The second-order valence-corrected chi connectivity index (χ2v) is 5.39. The predicted molar refractivity (Wildman–Crippen MR) is 90.5 cm³/mol. The van der Waals surface area contributed by atoms with E-state index in [0.29, 0.717) is 11.5 Å². The van der Waals surface area contributed by atoms with Crippen LogP contribution in [0.25, 0.3) is 0 Å². The number of hydrogen-bond acceptors (Lipinski definition) is 4. The number of aromatic nitrogens is 2. The number of nitrogens with two attached hydrogens (primary N) is 1. The van der Waals surface area contributed by atoms with Gasteiger partial charge in [0.1, 0.15) is 4.99 Å². The van der Waals surface area contributed by atoms with Crippen LogP contribution >= 0.6 is 12.2 Å². The smallest absolute Gasteiger partial charge is 0.107 e. The molecule has 0 fully saturated rings. The Morgan fingerprint density at radius 3 is 2.81 bits per heavy atom. The molecule has 0 amide bonds. The molecule has 0 unspecified atom stereocenters. The second-order valence-electron chi connectivity index (χ2n) is 4.95. The minimum Gasteiger partial charge on any atom is -0.389 e. The van der Waals surface area contributed by atoms with Gasteiger partial charge in [0.25, 0.3) is 0 Å². The monoisotopic (exact) mass is 300 g/mol. The van der Waals surface area contributed by atoms with Crippen LogP contribution in [-0.4, -0.2) is 15.0 Å². The highest BCUT2D eigenvalue weighted by Gasteiger charge is 2.11. The van der Waals surface area contributed by atoms with Gasteiger partial charge in [-0.25, -0.2) is 0 Å². The maximum atomic E-state index is 5.83. The molecule has 0 aliphatic heterocycles. The van der Waals surface area contributed by atoms with Crippen molar-refractivity contribution in [2.75, 3.05) is 5.32 Å². The number of rotatable bonds is 5. The van der Waals surface area contributed by atoms with E-state index >= 15 is 0 Å². The lowest BCUT2D eigenvalue weighted by Crippen LogP contribution is -2.17. The molecule has 2 aromatic rings. The highest BCUT2D eigenvalue weighted by molar-refractivity contribution is 7.80. The number of pyridine rings is 2. The molecular weight excluding hydrogens is 280 g/mol. The highest BCUT2D eigenvalue weighted by atomic mass is 32.1. The van der Waals surface area contributed by atoms with Gasteiger partial charge in [-0.1, -0.05) is 25.2 Å². The minimum atomic E-state index is 0.360. The maximum Gasteiger partial charge on any atom is 0.107 e. The Morgan fingerprint density at radius 2 is 2.14 bits per heavy atom. The number of thiocarbonyl (C=S) groups is 1. The summed E-state index contributed by atoms with van der Waals surface area (Å²) in [6.45, 7) is 6.65. The second kappa shape index (κ2) is 6.63. The van der Waals surface area contributed by atoms with Crippen LogP contribution < -0.4 is 11.1 Å². The maximum absolute atomic E-state index is 5.83. The summed E-state index contributed by atoms with van der Waals surface area (Å²) >= 11 is 5.14. The molecule has 0 atom stereocenters. The number of hydrogen-bond donors (Lipinski definition) is 2. The standard InChI is InChI=1S/C16H20N4S/c1-4-12-6-5-7-18-14(12)9-19-13-8-10(2)20-11(3)15(13)16(17)21/h5-8H,4,9H2,1-3H3,(H2,17,21)(H,19,20). The fraction of sp³-hybridized carbons (Fsp3) is 0.312. The van der Waals surface area contributed by atoms with Crippen molar-refractivity contribution >= 4 is 22.9 Å². The van der Waals surface area contributed by atoms with Crippen molar-refractivity contribution in [3.05, 3.63) is 52.6 Å². The zero-order valence-electron chi connectivity index (χ0n) is 12.6. The van der Waals surface area contributed by atoms with Crippen LogP contribution in [0, 0.1) is 13.8 Å². The number of anilines is 1. The van der Waals surface area contributed by atoms with Crippen LogP contribution in [-0.2, 0) is 13.0 Å². The van der Waals surface area contributed by atoms with E-state index in [-0.39, 0.29) is 0 Å². The first-order valence-corrected chi connectivity index (χ1v) is 7.38. The largest absolute Gasteiger partial charge is 0.389 e. The Bertz CT molecular complexity index is 667. The molecule has 110 valence electrons. The normalized spacial score (nSPS) is 10.4. The van der Waals surface area contributed by atoms with Crippen LogP contribution in [0.3, 0.4) is 0 Å². The fourth-order valence-electron chi connectivity index (χ4n) is 2.41. The molecule has 0 bridgehead atoms. The van der Waals surface area contributed by atoms with E-state index < -0.39 is 0 Å². The molecular formula is C16H20N4S. The van der Waals surface area contributed by atoms with Crippen LogP contribution in [0.5, 0.6) is 0 Å². The molecule has 4 nitrogen and oxygen atoms in total. The third-order valence-corrected chi connectivity index (χ3v) is 3.59. The molecule has 0 saturated heterocycles. The van der Waals surface area contributed by atoms with E-state index in [1.165, 1.54) is 5.56 Å². The number of nitrogens with one attached hydrogen (secondary N) is 1. The summed E-state index contributed by atoms with van der Waals surface area (Å²) in [5, 5.41) is 3.40. The summed E-state index contributed by atoms with van der Waals surface area (Å²) in [6.07, 6.45) is 2.77.